The van der Waals surface area contributed by atoms with E-state index in [-0.39, 0.29) is 24.3 Å². The lowest BCUT2D eigenvalue weighted by Crippen LogP contribution is -2.52. The van der Waals surface area contributed by atoms with E-state index in [2.05, 4.69) is 0 Å². The van der Waals surface area contributed by atoms with E-state index < -0.39 is 6.04 Å². The zero-order valence-corrected chi connectivity index (χ0v) is 11.5. The van der Waals surface area contributed by atoms with E-state index in [1.165, 1.54) is 0 Å². The average molecular weight is 278 g/mol. The molecule has 1 unspecified atom stereocenters. The number of benzene rings is 1. The lowest BCUT2D eigenvalue weighted by Gasteiger charge is -2.36. The van der Waals surface area contributed by atoms with Crippen LogP contribution in [0, 0.1) is 0 Å². The van der Waals surface area contributed by atoms with Gasteiger partial charge in [0.05, 0.1) is 18.7 Å². The van der Waals surface area contributed by atoms with Crippen molar-refractivity contribution in [3.05, 3.63) is 29.8 Å². The minimum Gasteiger partial charge on any atom is -0.508 e. The maximum Gasteiger partial charge on any atom is 0.240 e. The van der Waals surface area contributed by atoms with Gasteiger partial charge in [-0.05, 0) is 43.4 Å². The number of carbonyl (C=O) groups excluding carboxylic acids is 1. The molecule has 1 fully saturated rings. The molecule has 5 nitrogen and oxygen atoms in total. The first-order valence-corrected chi connectivity index (χ1v) is 7.06. The number of amides is 1. The second-order valence-electron chi connectivity index (χ2n) is 5.34. The van der Waals surface area contributed by atoms with Gasteiger partial charge in [0.25, 0.3) is 0 Å². The number of phenolic OH excluding ortho intramolecular Hbond substituents is 1. The van der Waals surface area contributed by atoms with Crippen LogP contribution < -0.4 is 5.73 Å². The Kier molecular flexibility index (Phi) is 4.98. The second-order valence-corrected chi connectivity index (χ2v) is 5.34. The fourth-order valence-corrected chi connectivity index (χ4v) is 2.67. The number of likely N-dealkylation sites (tertiary alicyclic amines) is 1. The smallest absolute Gasteiger partial charge is 0.240 e. The number of aliphatic hydroxyl groups is 1. The number of aromatic hydroxyl groups is 1. The zero-order chi connectivity index (χ0) is 14.5. The Morgan fingerprint density at radius 3 is 2.70 bits per heavy atom. The average Bonchev–Trinajstić information content (AvgIpc) is 2.48. The van der Waals surface area contributed by atoms with Gasteiger partial charge in [0.2, 0.25) is 5.91 Å². The molecule has 4 N–H and O–H groups in total. The number of nitrogens with zero attached hydrogens (tertiary/aromatic N) is 1. The first-order chi connectivity index (χ1) is 9.61. The SMILES string of the molecule is N[C@@H](Cc1ccc(O)cc1)C(=O)N1CCCCC1CO. The number of phenols is 1. The van der Waals surface area contributed by atoms with E-state index >= 15 is 0 Å². The number of carbonyl (C=O) groups is 1. The minimum atomic E-state index is -0.605. The zero-order valence-electron chi connectivity index (χ0n) is 11.5. The third-order valence-electron chi connectivity index (χ3n) is 3.83. The summed E-state index contributed by atoms with van der Waals surface area (Å²) in [6.07, 6.45) is 3.29. The summed E-state index contributed by atoms with van der Waals surface area (Å²) in [5, 5.41) is 18.6. The standard InChI is InChI=1S/C15H22N2O3/c16-14(9-11-4-6-13(19)7-5-11)15(20)17-8-2-1-3-12(17)10-18/h4-7,12,14,18-19H,1-3,8-10,16H2/t12?,14-/m0/s1. The highest BCUT2D eigenvalue weighted by Gasteiger charge is 2.29. The predicted molar refractivity (Wildman–Crippen MR) is 76.2 cm³/mol. The molecule has 0 spiro atoms. The van der Waals surface area contributed by atoms with Crippen molar-refractivity contribution in [3.8, 4) is 5.75 Å². The van der Waals surface area contributed by atoms with Gasteiger partial charge >= 0.3 is 0 Å². The number of aliphatic hydroxyl groups excluding tert-OH is 1. The van der Waals surface area contributed by atoms with Gasteiger partial charge in [-0.15, -0.1) is 0 Å². The molecule has 1 heterocycles. The van der Waals surface area contributed by atoms with Gasteiger partial charge in [-0.3, -0.25) is 4.79 Å². The molecular formula is C15H22N2O3. The van der Waals surface area contributed by atoms with E-state index in [0.717, 1.165) is 24.8 Å². The Labute approximate surface area is 119 Å². The van der Waals surface area contributed by atoms with Crippen LogP contribution in [0.4, 0.5) is 0 Å². The summed E-state index contributed by atoms with van der Waals surface area (Å²) in [7, 11) is 0. The van der Waals surface area contributed by atoms with Crippen molar-refractivity contribution in [3.63, 3.8) is 0 Å². The number of nitrogens with two attached hydrogens (primary N) is 1. The maximum absolute atomic E-state index is 12.4. The number of piperidine rings is 1. The monoisotopic (exact) mass is 278 g/mol. The lowest BCUT2D eigenvalue weighted by molar-refractivity contribution is -0.137. The Morgan fingerprint density at radius 2 is 2.05 bits per heavy atom. The molecule has 1 saturated heterocycles. The molecule has 0 aliphatic carbocycles. The highest BCUT2D eigenvalue weighted by molar-refractivity contribution is 5.82. The molecule has 5 heteroatoms. The molecule has 0 saturated carbocycles. The van der Waals surface area contributed by atoms with Crippen LogP contribution in [-0.4, -0.2) is 46.3 Å². The number of hydrogen-bond acceptors (Lipinski definition) is 4. The van der Waals surface area contributed by atoms with Crippen LogP contribution in [0.2, 0.25) is 0 Å². The fourth-order valence-electron chi connectivity index (χ4n) is 2.67. The van der Waals surface area contributed by atoms with Crippen molar-refractivity contribution < 1.29 is 15.0 Å². The summed E-state index contributed by atoms with van der Waals surface area (Å²) in [6, 6.07) is 6.01. The topological polar surface area (TPSA) is 86.8 Å². The Balaban J connectivity index is 1.98. The van der Waals surface area contributed by atoms with Gasteiger partial charge in [-0.2, -0.15) is 0 Å². The molecule has 1 aliphatic rings. The quantitative estimate of drug-likeness (QED) is 0.754. The third-order valence-corrected chi connectivity index (χ3v) is 3.83. The van der Waals surface area contributed by atoms with Crippen molar-refractivity contribution in [2.45, 2.75) is 37.8 Å². The molecule has 1 aromatic carbocycles. The van der Waals surface area contributed by atoms with E-state index in [9.17, 15) is 15.0 Å². The van der Waals surface area contributed by atoms with E-state index in [1.54, 1.807) is 29.2 Å². The van der Waals surface area contributed by atoms with Crippen LogP contribution in [0.1, 0.15) is 24.8 Å². The fraction of sp³-hybridized carbons (Fsp3) is 0.533. The van der Waals surface area contributed by atoms with Crippen LogP contribution in [0.5, 0.6) is 5.75 Å². The van der Waals surface area contributed by atoms with E-state index in [4.69, 9.17) is 5.73 Å². The molecule has 2 rings (SSSR count). The normalized spacial score (nSPS) is 20.7. The highest BCUT2D eigenvalue weighted by Crippen LogP contribution is 2.18. The molecule has 110 valence electrons. The molecule has 1 amide bonds. The lowest BCUT2D eigenvalue weighted by atomic mass is 9.99. The Morgan fingerprint density at radius 1 is 1.35 bits per heavy atom. The van der Waals surface area contributed by atoms with Crippen molar-refractivity contribution in [2.75, 3.05) is 13.2 Å². The molecular weight excluding hydrogens is 256 g/mol. The van der Waals surface area contributed by atoms with Crippen molar-refractivity contribution in [2.24, 2.45) is 5.73 Å². The molecule has 0 radical (unpaired) electrons. The largest absolute Gasteiger partial charge is 0.508 e. The molecule has 2 atom stereocenters. The summed E-state index contributed by atoms with van der Waals surface area (Å²) in [5.74, 6) is 0.0989. The van der Waals surface area contributed by atoms with Crippen LogP contribution in [0.3, 0.4) is 0 Å². The van der Waals surface area contributed by atoms with Gasteiger partial charge in [0, 0.05) is 6.54 Å². The van der Waals surface area contributed by atoms with Crippen LogP contribution in [0.25, 0.3) is 0 Å². The summed E-state index contributed by atoms with van der Waals surface area (Å²) in [4.78, 5) is 14.1. The molecule has 1 aromatic rings. The van der Waals surface area contributed by atoms with Crippen molar-refractivity contribution >= 4 is 5.91 Å². The van der Waals surface area contributed by atoms with Crippen molar-refractivity contribution in [1.82, 2.24) is 4.90 Å². The third kappa shape index (κ3) is 3.49. The van der Waals surface area contributed by atoms with Gasteiger partial charge in [0.15, 0.2) is 0 Å². The second kappa shape index (κ2) is 6.72. The van der Waals surface area contributed by atoms with Crippen LogP contribution in [0.15, 0.2) is 24.3 Å². The summed E-state index contributed by atoms with van der Waals surface area (Å²) < 4.78 is 0. The van der Waals surface area contributed by atoms with Crippen molar-refractivity contribution in [1.29, 1.82) is 0 Å². The highest BCUT2D eigenvalue weighted by atomic mass is 16.3. The van der Waals surface area contributed by atoms with Crippen LogP contribution >= 0.6 is 0 Å². The van der Waals surface area contributed by atoms with Gasteiger partial charge < -0.3 is 20.8 Å². The maximum atomic E-state index is 12.4. The first-order valence-electron chi connectivity index (χ1n) is 7.06. The summed E-state index contributed by atoms with van der Waals surface area (Å²) in [5.41, 5.74) is 6.92. The first kappa shape index (κ1) is 14.8. The Hall–Kier alpha value is -1.59. The Bertz CT molecular complexity index is 447. The summed E-state index contributed by atoms with van der Waals surface area (Å²) in [6.45, 7) is 0.672. The van der Waals surface area contributed by atoms with Gasteiger partial charge in [0.1, 0.15) is 5.75 Å². The molecule has 1 aliphatic heterocycles. The van der Waals surface area contributed by atoms with E-state index in [0.29, 0.717) is 13.0 Å². The predicted octanol–water partition coefficient (Wildman–Crippen LogP) is 0.635. The van der Waals surface area contributed by atoms with Crippen LogP contribution in [-0.2, 0) is 11.2 Å². The summed E-state index contributed by atoms with van der Waals surface area (Å²) >= 11 is 0. The minimum absolute atomic E-state index is 0.00231. The van der Waals surface area contributed by atoms with Gasteiger partial charge in [-0.25, -0.2) is 0 Å². The molecule has 0 bridgehead atoms. The molecule has 20 heavy (non-hydrogen) atoms. The van der Waals surface area contributed by atoms with E-state index in [1.807, 2.05) is 0 Å². The number of rotatable bonds is 4. The molecule has 0 aromatic heterocycles. The number of hydrogen-bond donors (Lipinski definition) is 3. The van der Waals surface area contributed by atoms with Gasteiger partial charge in [-0.1, -0.05) is 12.1 Å².